The predicted molar refractivity (Wildman–Crippen MR) is 106 cm³/mol. The number of anilines is 1. The highest BCUT2D eigenvalue weighted by Gasteiger charge is 2.19. The van der Waals surface area contributed by atoms with Gasteiger partial charge in [0.2, 0.25) is 5.91 Å². The molecule has 5 heteroatoms. The normalized spacial score (nSPS) is 15.3. The quantitative estimate of drug-likeness (QED) is 0.899. The number of hydrogen-bond donors (Lipinski definition) is 1. The van der Waals surface area contributed by atoms with Gasteiger partial charge >= 0.3 is 0 Å². The van der Waals surface area contributed by atoms with Crippen molar-refractivity contribution in [3.8, 4) is 11.1 Å². The van der Waals surface area contributed by atoms with Crippen LogP contribution in [0.4, 0.5) is 5.82 Å². The highest BCUT2D eigenvalue weighted by molar-refractivity contribution is 5.73. The van der Waals surface area contributed by atoms with Gasteiger partial charge in [0.15, 0.2) is 0 Å². The Labute approximate surface area is 156 Å². The topological polar surface area (TPSA) is 48.5 Å². The van der Waals surface area contributed by atoms with E-state index in [1.807, 2.05) is 18.3 Å². The number of rotatable bonds is 5. The average molecular weight is 352 g/mol. The van der Waals surface area contributed by atoms with Crippen molar-refractivity contribution in [1.29, 1.82) is 0 Å². The maximum Gasteiger partial charge on any atom is 0.217 e. The predicted octanol–water partition coefficient (Wildman–Crippen LogP) is 2.92. The van der Waals surface area contributed by atoms with Crippen LogP contribution in [0.1, 0.15) is 26.3 Å². The van der Waals surface area contributed by atoms with Gasteiger partial charge in [0, 0.05) is 57.4 Å². The van der Waals surface area contributed by atoms with E-state index >= 15 is 0 Å². The molecule has 138 valence electrons. The summed E-state index contributed by atoms with van der Waals surface area (Å²) in [7, 11) is 0. The lowest BCUT2D eigenvalue weighted by molar-refractivity contribution is -0.119. The molecular weight excluding hydrogens is 324 g/mol. The Balaban J connectivity index is 1.66. The van der Waals surface area contributed by atoms with Crippen molar-refractivity contribution in [1.82, 2.24) is 15.2 Å². The smallest absolute Gasteiger partial charge is 0.217 e. The van der Waals surface area contributed by atoms with E-state index in [-0.39, 0.29) is 5.91 Å². The monoisotopic (exact) mass is 352 g/mol. The van der Waals surface area contributed by atoms with E-state index in [0.717, 1.165) is 48.7 Å². The van der Waals surface area contributed by atoms with Gasteiger partial charge in [0.25, 0.3) is 0 Å². The van der Waals surface area contributed by atoms with Crippen molar-refractivity contribution in [3.63, 3.8) is 0 Å². The number of nitrogens with zero attached hydrogens (tertiary/aromatic N) is 3. The summed E-state index contributed by atoms with van der Waals surface area (Å²) in [6.45, 7) is 10.8. The van der Waals surface area contributed by atoms with Gasteiger partial charge in [-0.25, -0.2) is 4.98 Å². The van der Waals surface area contributed by atoms with Crippen molar-refractivity contribution in [2.75, 3.05) is 31.1 Å². The van der Waals surface area contributed by atoms with E-state index < -0.39 is 0 Å². The van der Waals surface area contributed by atoms with Crippen molar-refractivity contribution in [2.45, 2.75) is 33.4 Å². The van der Waals surface area contributed by atoms with Gasteiger partial charge < -0.3 is 10.2 Å². The summed E-state index contributed by atoms with van der Waals surface area (Å²) in [6.07, 6.45) is 1.95. The van der Waals surface area contributed by atoms with Gasteiger partial charge in [0.05, 0.1) is 0 Å². The van der Waals surface area contributed by atoms with Crippen LogP contribution in [0, 0.1) is 0 Å². The minimum Gasteiger partial charge on any atom is -0.354 e. The lowest BCUT2D eigenvalue weighted by atomic mass is 10.0. The van der Waals surface area contributed by atoms with Crippen molar-refractivity contribution in [2.24, 2.45) is 0 Å². The standard InChI is InChI=1S/C21H28N4O/c1-16(2)24-9-11-25(12-10-24)21-8-7-20(15-23-21)19-6-4-5-18(13-19)14-22-17(3)26/h4-8,13,15-16H,9-12,14H2,1-3H3,(H,22,26). The lowest BCUT2D eigenvalue weighted by Gasteiger charge is -2.37. The fraction of sp³-hybridized carbons (Fsp3) is 0.429. The molecule has 5 nitrogen and oxygen atoms in total. The minimum atomic E-state index is -0.0148. The molecule has 1 N–H and O–H groups in total. The van der Waals surface area contributed by atoms with Gasteiger partial charge in [-0.05, 0) is 43.2 Å². The van der Waals surface area contributed by atoms with E-state index in [9.17, 15) is 4.79 Å². The van der Waals surface area contributed by atoms with Crippen LogP contribution in [0.5, 0.6) is 0 Å². The largest absolute Gasteiger partial charge is 0.354 e. The lowest BCUT2D eigenvalue weighted by Crippen LogP contribution is -2.49. The highest BCUT2D eigenvalue weighted by atomic mass is 16.1. The second-order valence-electron chi connectivity index (χ2n) is 7.13. The molecule has 0 atom stereocenters. The summed E-state index contributed by atoms with van der Waals surface area (Å²) >= 11 is 0. The molecule has 1 aromatic carbocycles. The van der Waals surface area contributed by atoms with Gasteiger partial charge in [-0.3, -0.25) is 9.69 Å². The molecule has 0 spiro atoms. The molecule has 1 fully saturated rings. The van der Waals surface area contributed by atoms with Gasteiger partial charge in [-0.15, -0.1) is 0 Å². The molecule has 0 unspecified atom stereocenters. The highest BCUT2D eigenvalue weighted by Crippen LogP contribution is 2.23. The molecular formula is C21H28N4O. The van der Waals surface area contributed by atoms with Crippen LogP contribution in [0.25, 0.3) is 11.1 Å². The molecule has 1 aromatic heterocycles. The number of piperazine rings is 1. The molecule has 0 saturated carbocycles. The summed E-state index contributed by atoms with van der Waals surface area (Å²) in [5, 5.41) is 2.84. The number of carbonyl (C=O) groups excluding carboxylic acids is 1. The first-order valence-corrected chi connectivity index (χ1v) is 9.32. The third-order valence-electron chi connectivity index (χ3n) is 4.92. The first-order chi connectivity index (χ1) is 12.5. The van der Waals surface area contributed by atoms with Crippen molar-refractivity contribution < 1.29 is 4.79 Å². The fourth-order valence-electron chi connectivity index (χ4n) is 3.30. The molecule has 0 bridgehead atoms. The zero-order valence-electron chi connectivity index (χ0n) is 15.9. The Morgan fingerprint density at radius 1 is 1.12 bits per heavy atom. The second-order valence-corrected chi connectivity index (χ2v) is 7.13. The van der Waals surface area contributed by atoms with Crippen LogP contribution in [0.15, 0.2) is 42.6 Å². The van der Waals surface area contributed by atoms with E-state index in [1.165, 1.54) is 6.92 Å². The Hall–Kier alpha value is -2.40. The van der Waals surface area contributed by atoms with Gasteiger partial charge in [0.1, 0.15) is 5.82 Å². The number of pyridine rings is 1. The molecule has 1 saturated heterocycles. The van der Waals surface area contributed by atoms with Crippen LogP contribution in [-0.4, -0.2) is 48.0 Å². The summed E-state index contributed by atoms with van der Waals surface area (Å²) < 4.78 is 0. The molecule has 2 aromatic rings. The van der Waals surface area contributed by atoms with Crippen molar-refractivity contribution >= 4 is 11.7 Å². The molecule has 26 heavy (non-hydrogen) atoms. The Kier molecular flexibility index (Phi) is 5.89. The summed E-state index contributed by atoms with van der Waals surface area (Å²) in [4.78, 5) is 20.6. The van der Waals surface area contributed by atoms with E-state index in [1.54, 1.807) is 0 Å². The maximum atomic E-state index is 11.1. The zero-order valence-corrected chi connectivity index (χ0v) is 15.9. The minimum absolute atomic E-state index is 0.0148. The maximum absolute atomic E-state index is 11.1. The van der Waals surface area contributed by atoms with E-state index in [4.69, 9.17) is 4.98 Å². The summed E-state index contributed by atoms with van der Waals surface area (Å²) in [5.41, 5.74) is 3.31. The number of amides is 1. The number of carbonyl (C=O) groups is 1. The van der Waals surface area contributed by atoms with Crippen LogP contribution < -0.4 is 10.2 Å². The molecule has 3 rings (SSSR count). The van der Waals surface area contributed by atoms with E-state index in [0.29, 0.717) is 12.6 Å². The Bertz CT molecular complexity index is 734. The van der Waals surface area contributed by atoms with Crippen LogP contribution >= 0.6 is 0 Å². The van der Waals surface area contributed by atoms with E-state index in [2.05, 4.69) is 53.2 Å². The third-order valence-corrected chi connectivity index (χ3v) is 4.92. The molecule has 0 aliphatic carbocycles. The number of benzene rings is 1. The van der Waals surface area contributed by atoms with Crippen LogP contribution in [0.3, 0.4) is 0 Å². The molecule has 1 aliphatic heterocycles. The first-order valence-electron chi connectivity index (χ1n) is 9.32. The van der Waals surface area contributed by atoms with Gasteiger partial charge in [-0.1, -0.05) is 18.2 Å². The molecule has 1 amide bonds. The van der Waals surface area contributed by atoms with Crippen LogP contribution in [0.2, 0.25) is 0 Å². The second kappa shape index (κ2) is 8.32. The number of aromatic nitrogens is 1. The Morgan fingerprint density at radius 2 is 1.88 bits per heavy atom. The third kappa shape index (κ3) is 4.61. The average Bonchev–Trinajstić information content (AvgIpc) is 2.67. The zero-order chi connectivity index (χ0) is 18.5. The number of hydrogen-bond acceptors (Lipinski definition) is 4. The fourth-order valence-corrected chi connectivity index (χ4v) is 3.30. The SMILES string of the molecule is CC(=O)NCc1cccc(-c2ccc(N3CCN(C(C)C)CC3)nc2)c1. The van der Waals surface area contributed by atoms with Gasteiger partial charge in [-0.2, -0.15) is 0 Å². The molecule has 0 radical (unpaired) electrons. The Morgan fingerprint density at radius 3 is 2.50 bits per heavy atom. The van der Waals surface area contributed by atoms with Crippen molar-refractivity contribution in [3.05, 3.63) is 48.2 Å². The summed E-state index contributed by atoms with van der Waals surface area (Å²) in [6, 6.07) is 13.1. The molecule has 2 heterocycles. The number of nitrogens with one attached hydrogen (secondary N) is 1. The first kappa shape index (κ1) is 18.4. The van der Waals surface area contributed by atoms with Crippen LogP contribution in [-0.2, 0) is 11.3 Å². The molecule has 1 aliphatic rings. The summed E-state index contributed by atoms with van der Waals surface area (Å²) in [5.74, 6) is 1.03.